The Morgan fingerprint density at radius 1 is 1.19 bits per heavy atom. The van der Waals surface area contributed by atoms with Gasteiger partial charge in [-0.1, -0.05) is 12.1 Å². The molecule has 1 aliphatic heterocycles. The van der Waals surface area contributed by atoms with Crippen LogP contribution in [0.15, 0.2) is 24.3 Å². The molecule has 1 aromatic rings. The molecule has 0 saturated carbocycles. The average Bonchev–Trinajstić information content (AvgIpc) is 2.39. The fraction of sp³-hybridized carbons (Fsp3) is 0.308. The fourth-order valence-electron chi connectivity index (χ4n) is 1.89. The van der Waals surface area contributed by atoms with Gasteiger partial charge in [-0.2, -0.15) is 8.78 Å². The number of nitrogens with zero attached hydrogens (tertiary/aromatic N) is 1. The van der Waals surface area contributed by atoms with Crippen LogP contribution in [0.2, 0.25) is 0 Å². The molecule has 1 aromatic carbocycles. The van der Waals surface area contributed by atoms with Crippen LogP contribution in [0.3, 0.4) is 0 Å². The van der Waals surface area contributed by atoms with E-state index in [1.807, 2.05) is 0 Å². The normalized spacial score (nSPS) is 15.1. The second-order valence-electron chi connectivity index (χ2n) is 4.42. The molecule has 0 aliphatic carbocycles. The van der Waals surface area contributed by atoms with Crippen molar-refractivity contribution in [1.82, 2.24) is 10.2 Å². The van der Waals surface area contributed by atoms with E-state index >= 15 is 0 Å². The van der Waals surface area contributed by atoms with Crippen molar-refractivity contribution in [3.05, 3.63) is 29.8 Å². The third kappa shape index (κ3) is 4.23. The van der Waals surface area contributed by atoms with E-state index in [4.69, 9.17) is 0 Å². The van der Waals surface area contributed by atoms with Crippen LogP contribution < -0.4 is 10.1 Å². The number of hydrogen-bond donors (Lipinski definition) is 1. The largest absolute Gasteiger partial charge is 0.435 e. The van der Waals surface area contributed by atoms with Crippen molar-refractivity contribution in [2.75, 3.05) is 13.1 Å². The summed E-state index contributed by atoms with van der Waals surface area (Å²) >= 11 is 0. The van der Waals surface area contributed by atoms with Crippen LogP contribution in [0.1, 0.15) is 5.56 Å². The molecule has 2 rings (SSSR count). The van der Waals surface area contributed by atoms with E-state index < -0.39 is 18.4 Å². The molecule has 8 heteroatoms. The summed E-state index contributed by atoms with van der Waals surface area (Å²) in [6, 6.07) is 5.59. The Morgan fingerprint density at radius 3 is 2.29 bits per heavy atom. The Morgan fingerprint density at radius 2 is 1.76 bits per heavy atom. The third-order valence-electron chi connectivity index (χ3n) is 2.80. The van der Waals surface area contributed by atoms with E-state index in [-0.39, 0.29) is 31.2 Å². The van der Waals surface area contributed by atoms with E-state index in [1.165, 1.54) is 24.3 Å². The van der Waals surface area contributed by atoms with Crippen molar-refractivity contribution in [2.24, 2.45) is 0 Å². The number of carbonyl (C=O) groups is 3. The second kappa shape index (κ2) is 6.29. The number of halogens is 2. The molecule has 6 nitrogen and oxygen atoms in total. The molecule has 1 saturated heterocycles. The number of piperazine rings is 1. The SMILES string of the molecule is O=C1CN(C(=O)Cc2ccc(OC(F)F)cc2)CC(=O)N1. The van der Waals surface area contributed by atoms with Crippen molar-refractivity contribution in [2.45, 2.75) is 13.0 Å². The highest BCUT2D eigenvalue weighted by atomic mass is 19.3. The maximum Gasteiger partial charge on any atom is 0.387 e. The summed E-state index contributed by atoms with van der Waals surface area (Å²) in [7, 11) is 0. The van der Waals surface area contributed by atoms with Crippen LogP contribution >= 0.6 is 0 Å². The number of alkyl halides is 2. The van der Waals surface area contributed by atoms with Gasteiger partial charge in [0, 0.05) is 0 Å². The van der Waals surface area contributed by atoms with Gasteiger partial charge in [-0.3, -0.25) is 19.7 Å². The number of benzene rings is 1. The molecule has 1 fully saturated rings. The fourth-order valence-corrected chi connectivity index (χ4v) is 1.89. The monoisotopic (exact) mass is 298 g/mol. The maximum absolute atomic E-state index is 12.0. The van der Waals surface area contributed by atoms with Gasteiger partial charge < -0.3 is 9.64 Å². The Labute approximate surface area is 118 Å². The zero-order chi connectivity index (χ0) is 15.4. The summed E-state index contributed by atoms with van der Waals surface area (Å²) in [6.45, 7) is -3.25. The summed E-state index contributed by atoms with van der Waals surface area (Å²) in [4.78, 5) is 35.5. The summed E-state index contributed by atoms with van der Waals surface area (Å²) in [5.74, 6) is -1.45. The molecule has 0 bridgehead atoms. The minimum atomic E-state index is -2.91. The zero-order valence-electron chi connectivity index (χ0n) is 10.8. The molecule has 0 unspecified atom stereocenters. The zero-order valence-corrected chi connectivity index (χ0v) is 10.8. The average molecular weight is 298 g/mol. The first-order chi connectivity index (χ1) is 9.94. The Bertz CT molecular complexity index is 544. The number of carbonyl (C=O) groups excluding carboxylic acids is 3. The highest BCUT2D eigenvalue weighted by Crippen LogP contribution is 2.15. The lowest BCUT2D eigenvalue weighted by atomic mass is 10.1. The van der Waals surface area contributed by atoms with Crippen LogP contribution in [0.5, 0.6) is 5.75 Å². The van der Waals surface area contributed by atoms with E-state index in [2.05, 4.69) is 10.1 Å². The molecule has 0 spiro atoms. The van der Waals surface area contributed by atoms with E-state index in [0.29, 0.717) is 5.56 Å². The predicted molar refractivity (Wildman–Crippen MR) is 66.5 cm³/mol. The van der Waals surface area contributed by atoms with Gasteiger partial charge in [-0.05, 0) is 17.7 Å². The van der Waals surface area contributed by atoms with E-state index in [1.54, 1.807) is 0 Å². The van der Waals surface area contributed by atoms with Gasteiger partial charge in [0.25, 0.3) is 0 Å². The highest BCUT2D eigenvalue weighted by molar-refractivity contribution is 6.02. The van der Waals surface area contributed by atoms with Crippen molar-refractivity contribution >= 4 is 17.7 Å². The number of rotatable bonds is 4. The van der Waals surface area contributed by atoms with Gasteiger partial charge in [0.15, 0.2) is 0 Å². The lowest BCUT2D eigenvalue weighted by Gasteiger charge is -2.25. The van der Waals surface area contributed by atoms with Gasteiger partial charge in [0.2, 0.25) is 17.7 Å². The smallest absolute Gasteiger partial charge is 0.387 e. The van der Waals surface area contributed by atoms with Gasteiger partial charge in [-0.15, -0.1) is 0 Å². The number of ether oxygens (including phenoxy) is 1. The van der Waals surface area contributed by atoms with Gasteiger partial charge in [-0.25, -0.2) is 0 Å². The predicted octanol–water partition coefficient (Wildman–Crippen LogP) is 0.315. The van der Waals surface area contributed by atoms with E-state index in [9.17, 15) is 23.2 Å². The lowest BCUT2D eigenvalue weighted by molar-refractivity contribution is -0.145. The summed E-state index contributed by atoms with van der Waals surface area (Å²) in [6.07, 6.45) is -0.0322. The van der Waals surface area contributed by atoms with Crippen molar-refractivity contribution in [1.29, 1.82) is 0 Å². The molecule has 0 radical (unpaired) electrons. The molecule has 1 heterocycles. The van der Waals surface area contributed by atoms with E-state index in [0.717, 1.165) is 4.90 Å². The minimum absolute atomic E-state index is 0.00581. The van der Waals surface area contributed by atoms with Crippen molar-refractivity contribution < 1.29 is 27.9 Å². The van der Waals surface area contributed by atoms with Crippen molar-refractivity contribution in [3.63, 3.8) is 0 Å². The first kappa shape index (κ1) is 14.9. The number of nitrogens with one attached hydrogen (secondary N) is 1. The Hall–Kier alpha value is -2.51. The van der Waals surface area contributed by atoms with Gasteiger partial charge >= 0.3 is 6.61 Å². The topological polar surface area (TPSA) is 75.7 Å². The standard InChI is InChI=1S/C13H12F2N2O4/c14-13(15)21-9-3-1-8(2-4-9)5-12(20)17-6-10(18)16-11(19)7-17/h1-4,13H,5-7H2,(H,16,18,19). The number of amides is 3. The third-order valence-corrected chi connectivity index (χ3v) is 2.80. The number of imide groups is 1. The summed E-state index contributed by atoms with van der Waals surface area (Å²) in [5.41, 5.74) is 0.569. The first-order valence-electron chi connectivity index (χ1n) is 6.08. The molecular formula is C13H12F2N2O4. The van der Waals surface area contributed by atoms with Crippen LogP contribution in [0.4, 0.5) is 8.78 Å². The first-order valence-corrected chi connectivity index (χ1v) is 6.08. The van der Waals surface area contributed by atoms with Gasteiger partial charge in [0.05, 0.1) is 6.42 Å². The molecule has 0 aromatic heterocycles. The highest BCUT2D eigenvalue weighted by Gasteiger charge is 2.26. The number of hydrogen-bond acceptors (Lipinski definition) is 4. The second-order valence-corrected chi connectivity index (χ2v) is 4.42. The lowest BCUT2D eigenvalue weighted by Crippen LogP contribution is -2.53. The Kier molecular flexibility index (Phi) is 4.46. The van der Waals surface area contributed by atoms with Crippen LogP contribution in [-0.2, 0) is 20.8 Å². The summed E-state index contributed by atoms with van der Waals surface area (Å²) in [5, 5.41) is 2.09. The molecule has 3 amide bonds. The summed E-state index contributed by atoms with van der Waals surface area (Å²) < 4.78 is 28.2. The van der Waals surface area contributed by atoms with Crippen LogP contribution in [0.25, 0.3) is 0 Å². The van der Waals surface area contributed by atoms with Crippen LogP contribution in [-0.4, -0.2) is 42.3 Å². The molecular weight excluding hydrogens is 286 g/mol. The Balaban J connectivity index is 1.96. The van der Waals surface area contributed by atoms with Crippen molar-refractivity contribution in [3.8, 4) is 5.75 Å². The maximum atomic E-state index is 12.0. The quantitative estimate of drug-likeness (QED) is 0.812. The molecule has 21 heavy (non-hydrogen) atoms. The van der Waals surface area contributed by atoms with Gasteiger partial charge in [0.1, 0.15) is 18.8 Å². The molecule has 0 atom stereocenters. The molecule has 1 aliphatic rings. The molecule has 112 valence electrons. The van der Waals surface area contributed by atoms with Crippen LogP contribution in [0, 0.1) is 0 Å². The molecule has 1 N–H and O–H groups in total. The minimum Gasteiger partial charge on any atom is -0.435 e.